The van der Waals surface area contributed by atoms with Gasteiger partial charge in [-0.2, -0.15) is 0 Å². The van der Waals surface area contributed by atoms with E-state index in [-0.39, 0.29) is 6.54 Å². The van der Waals surface area contributed by atoms with Crippen LogP contribution in [0.3, 0.4) is 0 Å². The zero-order chi connectivity index (χ0) is 18.4. The van der Waals surface area contributed by atoms with E-state index in [2.05, 4.69) is 5.32 Å². The second-order valence-corrected chi connectivity index (χ2v) is 7.45. The normalized spacial score (nSPS) is 11.0. The van der Waals surface area contributed by atoms with Crippen molar-refractivity contribution in [1.29, 1.82) is 0 Å². The van der Waals surface area contributed by atoms with Crippen LogP contribution in [0.25, 0.3) is 0 Å². The van der Waals surface area contributed by atoms with Crippen LogP contribution in [0.1, 0.15) is 12.5 Å². The largest absolute Gasteiger partial charge is 0.495 e. The fourth-order valence-corrected chi connectivity index (χ4v) is 3.23. The molecule has 1 amide bonds. The molecular weight excluding hydrogens is 340 g/mol. The number of carbonyl (C=O) groups excluding carboxylic acids is 1. The quantitative estimate of drug-likeness (QED) is 0.822. The fraction of sp³-hybridized carbons (Fsp3) is 0.278. The van der Waals surface area contributed by atoms with E-state index >= 15 is 0 Å². The number of ether oxygens (including phenoxy) is 1. The van der Waals surface area contributed by atoms with Crippen LogP contribution < -0.4 is 14.4 Å². The van der Waals surface area contributed by atoms with E-state index in [9.17, 15) is 13.2 Å². The minimum atomic E-state index is -3.66. The first-order valence-electron chi connectivity index (χ1n) is 7.84. The first-order valence-corrected chi connectivity index (χ1v) is 9.69. The predicted octanol–water partition coefficient (Wildman–Crippen LogP) is 2.66. The summed E-state index contributed by atoms with van der Waals surface area (Å²) < 4.78 is 30.6. The number of amides is 1. The Morgan fingerprint density at radius 2 is 1.76 bits per heavy atom. The second-order valence-electron chi connectivity index (χ2n) is 5.54. The van der Waals surface area contributed by atoms with Crippen LogP contribution in [-0.4, -0.2) is 34.2 Å². The molecule has 6 nitrogen and oxygen atoms in total. The summed E-state index contributed by atoms with van der Waals surface area (Å²) in [7, 11) is -2.20. The molecule has 0 atom stereocenters. The summed E-state index contributed by atoms with van der Waals surface area (Å²) >= 11 is 0. The molecule has 7 heteroatoms. The van der Waals surface area contributed by atoms with Crippen molar-refractivity contribution in [3.63, 3.8) is 0 Å². The second kappa shape index (κ2) is 8.02. The van der Waals surface area contributed by atoms with Crippen LogP contribution >= 0.6 is 0 Å². The summed E-state index contributed by atoms with van der Waals surface area (Å²) in [4.78, 5) is 12.3. The van der Waals surface area contributed by atoms with Gasteiger partial charge in [0.15, 0.2) is 0 Å². The summed E-state index contributed by atoms with van der Waals surface area (Å²) in [5.41, 5.74) is 2.10. The maximum atomic E-state index is 12.3. The van der Waals surface area contributed by atoms with Gasteiger partial charge in [-0.05, 0) is 36.2 Å². The minimum absolute atomic E-state index is 0.323. The standard InChI is InChI=1S/C18H22N2O4S/c1-4-14-9-11-15(12-10-14)19-18(21)13-20(25(3,22)23)16-7-5-6-8-17(16)24-2/h5-12H,4,13H2,1-3H3,(H,19,21). The Kier molecular flexibility index (Phi) is 6.03. The number of methoxy groups -OCH3 is 1. The Morgan fingerprint density at radius 1 is 1.12 bits per heavy atom. The van der Waals surface area contributed by atoms with Gasteiger partial charge >= 0.3 is 0 Å². The van der Waals surface area contributed by atoms with Crippen molar-refractivity contribution in [1.82, 2.24) is 0 Å². The predicted molar refractivity (Wildman–Crippen MR) is 99.6 cm³/mol. The van der Waals surface area contributed by atoms with Gasteiger partial charge in [0, 0.05) is 5.69 Å². The van der Waals surface area contributed by atoms with Crippen LogP contribution in [-0.2, 0) is 21.2 Å². The van der Waals surface area contributed by atoms with Gasteiger partial charge in [-0.25, -0.2) is 8.42 Å². The van der Waals surface area contributed by atoms with Gasteiger partial charge in [0.2, 0.25) is 15.9 Å². The van der Waals surface area contributed by atoms with E-state index < -0.39 is 15.9 Å². The van der Waals surface area contributed by atoms with Crippen LogP contribution in [0.15, 0.2) is 48.5 Å². The molecule has 0 aliphatic rings. The molecule has 2 aromatic rings. The molecule has 0 fully saturated rings. The first-order chi connectivity index (χ1) is 11.8. The van der Waals surface area contributed by atoms with Crippen molar-refractivity contribution in [3.05, 3.63) is 54.1 Å². The lowest BCUT2D eigenvalue weighted by molar-refractivity contribution is -0.114. The molecule has 0 radical (unpaired) electrons. The van der Waals surface area contributed by atoms with E-state index in [0.717, 1.165) is 22.5 Å². The van der Waals surface area contributed by atoms with E-state index in [1.54, 1.807) is 36.4 Å². The maximum absolute atomic E-state index is 12.3. The Morgan fingerprint density at radius 3 is 2.32 bits per heavy atom. The van der Waals surface area contributed by atoms with Crippen LogP contribution in [0, 0.1) is 0 Å². The molecule has 0 bridgehead atoms. The fourth-order valence-electron chi connectivity index (χ4n) is 2.37. The summed E-state index contributed by atoms with van der Waals surface area (Å²) in [5, 5.41) is 2.72. The minimum Gasteiger partial charge on any atom is -0.495 e. The third kappa shape index (κ3) is 4.96. The van der Waals surface area contributed by atoms with Crippen molar-refractivity contribution in [2.24, 2.45) is 0 Å². The van der Waals surface area contributed by atoms with Crippen molar-refractivity contribution < 1.29 is 17.9 Å². The van der Waals surface area contributed by atoms with Crippen molar-refractivity contribution in [3.8, 4) is 5.75 Å². The molecule has 0 aromatic heterocycles. The van der Waals surface area contributed by atoms with Gasteiger partial charge in [-0.3, -0.25) is 9.10 Å². The highest BCUT2D eigenvalue weighted by atomic mass is 32.2. The van der Waals surface area contributed by atoms with E-state index in [1.165, 1.54) is 7.11 Å². The van der Waals surface area contributed by atoms with Crippen molar-refractivity contribution in [2.75, 3.05) is 29.5 Å². The van der Waals surface area contributed by atoms with Gasteiger partial charge in [0.05, 0.1) is 19.1 Å². The molecular formula is C18H22N2O4S. The first kappa shape index (κ1) is 18.8. The Balaban J connectivity index is 2.21. The third-order valence-electron chi connectivity index (χ3n) is 3.69. The number of benzene rings is 2. The SMILES string of the molecule is CCc1ccc(NC(=O)CN(c2ccccc2OC)S(C)(=O)=O)cc1. The van der Waals surface area contributed by atoms with E-state index in [0.29, 0.717) is 17.1 Å². The number of aryl methyl sites for hydroxylation is 1. The molecule has 0 aliphatic carbocycles. The number of rotatable bonds is 7. The number of nitrogens with one attached hydrogen (secondary N) is 1. The molecule has 0 spiro atoms. The zero-order valence-corrected chi connectivity index (χ0v) is 15.3. The lowest BCUT2D eigenvalue weighted by Gasteiger charge is -2.23. The van der Waals surface area contributed by atoms with Crippen LogP contribution in [0.5, 0.6) is 5.75 Å². The number of para-hydroxylation sites is 2. The summed E-state index contributed by atoms with van der Waals surface area (Å²) in [6.07, 6.45) is 1.96. The highest BCUT2D eigenvalue weighted by Crippen LogP contribution is 2.29. The molecule has 2 rings (SSSR count). The number of anilines is 2. The smallest absolute Gasteiger partial charge is 0.245 e. The number of hydrogen-bond donors (Lipinski definition) is 1. The number of sulfonamides is 1. The molecule has 134 valence electrons. The number of hydrogen-bond acceptors (Lipinski definition) is 4. The van der Waals surface area contributed by atoms with Crippen LogP contribution in [0.4, 0.5) is 11.4 Å². The summed E-state index contributed by atoms with van der Waals surface area (Å²) in [6.45, 7) is 1.71. The maximum Gasteiger partial charge on any atom is 0.245 e. The lowest BCUT2D eigenvalue weighted by Crippen LogP contribution is -2.37. The number of carbonyl (C=O) groups is 1. The van der Waals surface area contributed by atoms with Gasteiger partial charge in [0.25, 0.3) is 0 Å². The number of nitrogens with zero attached hydrogens (tertiary/aromatic N) is 1. The molecule has 0 unspecified atom stereocenters. The average Bonchev–Trinajstić information content (AvgIpc) is 2.59. The van der Waals surface area contributed by atoms with Gasteiger partial charge in [-0.15, -0.1) is 0 Å². The Hall–Kier alpha value is -2.54. The summed E-state index contributed by atoms with van der Waals surface area (Å²) in [5.74, 6) is -0.0476. The molecule has 0 saturated carbocycles. The molecule has 0 heterocycles. The lowest BCUT2D eigenvalue weighted by atomic mass is 10.1. The third-order valence-corrected chi connectivity index (χ3v) is 4.81. The Labute approximate surface area is 148 Å². The van der Waals surface area contributed by atoms with Crippen molar-refractivity contribution >= 4 is 27.3 Å². The van der Waals surface area contributed by atoms with E-state index in [4.69, 9.17) is 4.74 Å². The monoisotopic (exact) mass is 362 g/mol. The topological polar surface area (TPSA) is 75.7 Å². The van der Waals surface area contributed by atoms with Gasteiger partial charge in [-0.1, -0.05) is 31.2 Å². The zero-order valence-electron chi connectivity index (χ0n) is 14.5. The van der Waals surface area contributed by atoms with Gasteiger partial charge in [0.1, 0.15) is 12.3 Å². The molecule has 1 N–H and O–H groups in total. The molecule has 25 heavy (non-hydrogen) atoms. The molecule has 0 aliphatic heterocycles. The highest BCUT2D eigenvalue weighted by Gasteiger charge is 2.23. The summed E-state index contributed by atoms with van der Waals surface area (Å²) in [6, 6.07) is 14.1. The van der Waals surface area contributed by atoms with Gasteiger partial charge < -0.3 is 10.1 Å². The average molecular weight is 362 g/mol. The van der Waals surface area contributed by atoms with Crippen LogP contribution in [0.2, 0.25) is 0 Å². The van der Waals surface area contributed by atoms with E-state index in [1.807, 2.05) is 19.1 Å². The Bertz CT molecular complexity index is 832. The molecule has 2 aromatic carbocycles. The highest BCUT2D eigenvalue weighted by molar-refractivity contribution is 7.92. The van der Waals surface area contributed by atoms with Crippen molar-refractivity contribution in [2.45, 2.75) is 13.3 Å². The molecule has 0 saturated heterocycles.